The fourth-order valence-electron chi connectivity index (χ4n) is 1.14. The van der Waals surface area contributed by atoms with Crippen molar-refractivity contribution in [2.75, 3.05) is 0 Å². The van der Waals surface area contributed by atoms with Gasteiger partial charge in [0.05, 0.1) is 17.0 Å². The Hall–Kier alpha value is -0.980. The first kappa shape index (κ1) is 12.1. The number of rotatable bonds is 4. The zero-order valence-corrected chi connectivity index (χ0v) is 9.18. The number of nitrogens with two attached hydrogens (primary N) is 1. The minimum absolute atomic E-state index is 0.0514. The summed E-state index contributed by atoms with van der Waals surface area (Å²) in [5, 5.41) is 13.8. The predicted octanol–water partition coefficient (Wildman–Crippen LogP) is 0.182. The lowest BCUT2D eigenvalue weighted by Gasteiger charge is -2.13. The van der Waals surface area contributed by atoms with Crippen molar-refractivity contribution >= 4 is 10.0 Å². The Morgan fingerprint density at radius 1 is 1.53 bits per heavy atom. The summed E-state index contributed by atoms with van der Waals surface area (Å²) in [5.41, 5.74) is 0.452. The second-order valence-electron chi connectivity index (χ2n) is 3.41. The number of sulfonamides is 1. The van der Waals surface area contributed by atoms with E-state index in [2.05, 4.69) is 4.98 Å². The Morgan fingerprint density at radius 2 is 2.20 bits per heavy atom. The van der Waals surface area contributed by atoms with E-state index in [9.17, 15) is 13.5 Å². The molecule has 15 heavy (non-hydrogen) atoms. The Kier molecular flexibility index (Phi) is 3.78. The van der Waals surface area contributed by atoms with Crippen LogP contribution in [0.5, 0.6) is 0 Å². The summed E-state index contributed by atoms with van der Waals surface area (Å²) in [6.45, 7) is 1.46. The van der Waals surface area contributed by atoms with E-state index in [4.69, 9.17) is 5.14 Å². The van der Waals surface area contributed by atoms with Gasteiger partial charge in [0.1, 0.15) is 0 Å². The topological polar surface area (TPSA) is 93.3 Å². The Balaban J connectivity index is 2.69. The molecule has 0 aliphatic carbocycles. The highest BCUT2D eigenvalue weighted by atomic mass is 32.2. The number of hydrogen-bond acceptors (Lipinski definition) is 4. The largest absolute Gasteiger partial charge is 0.387 e. The molecule has 0 aromatic carbocycles. The molecule has 0 spiro atoms. The van der Waals surface area contributed by atoms with E-state index in [-0.39, 0.29) is 6.42 Å². The zero-order valence-electron chi connectivity index (χ0n) is 8.37. The van der Waals surface area contributed by atoms with Crippen LogP contribution in [-0.2, 0) is 10.0 Å². The Labute approximate surface area is 89.0 Å². The summed E-state index contributed by atoms with van der Waals surface area (Å²) < 4.78 is 21.9. The maximum absolute atomic E-state index is 10.9. The van der Waals surface area contributed by atoms with Crippen LogP contribution in [0.2, 0.25) is 0 Å². The third-order valence-electron chi connectivity index (χ3n) is 2.15. The molecule has 0 radical (unpaired) electrons. The average Bonchev–Trinajstić information content (AvgIpc) is 2.17. The van der Waals surface area contributed by atoms with E-state index in [1.165, 1.54) is 6.92 Å². The first-order valence-corrected chi connectivity index (χ1v) is 6.13. The predicted molar refractivity (Wildman–Crippen MR) is 56.4 cm³/mol. The molecule has 1 aromatic rings. The molecular formula is C9H14N2O3S. The summed E-state index contributed by atoms with van der Waals surface area (Å²) in [4.78, 5) is 3.93. The molecule has 1 aromatic heterocycles. The lowest BCUT2D eigenvalue weighted by Crippen LogP contribution is -2.27. The zero-order chi connectivity index (χ0) is 11.5. The van der Waals surface area contributed by atoms with Gasteiger partial charge in [-0.2, -0.15) is 0 Å². The maximum atomic E-state index is 10.9. The maximum Gasteiger partial charge on any atom is 0.211 e. The molecule has 0 amide bonds. The van der Waals surface area contributed by atoms with Crippen molar-refractivity contribution in [3.8, 4) is 0 Å². The molecule has 84 valence electrons. The van der Waals surface area contributed by atoms with Gasteiger partial charge in [0, 0.05) is 6.20 Å². The summed E-state index contributed by atoms with van der Waals surface area (Å²) in [5.74, 6) is 0. The molecule has 1 heterocycles. The van der Waals surface area contributed by atoms with Crippen LogP contribution in [0.3, 0.4) is 0 Å². The molecule has 0 saturated carbocycles. The standard InChI is InChI=1S/C9H14N2O3S/c1-7(15(10,13)14)6-9(12)8-4-2-3-5-11-8/h2-5,7,9,12H,6H2,1H3,(H2,10,13,14). The number of aliphatic hydroxyl groups is 1. The first-order chi connectivity index (χ1) is 6.91. The summed E-state index contributed by atoms with van der Waals surface area (Å²) in [6, 6.07) is 5.09. The number of pyridine rings is 1. The van der Waals surface area contributed by atoms with Crippen molar-refractivity contribution in [2.45, 2.75) is 24.7 Å². The number of primary sulfonamides is 1. The molecule has 0 aliphatic heterocycles. The van der Waals surface area contributed by atoms with Crippen molar-refractivity contribution in [1.29, 1.82) is 0 Å². The van der Waals surface area contributed by atoms with Crippen LogP contribution in [0, 0.1) is 0 Å². The molecule has 2 atom stereocenters. The van der Waals surface area contributed by atoms with Crippen LogP contribution in [0.15, 0.2) is 24.4 Å². The normalized spacial score (nSPS) is 15.9. The fraction of sp³-hybridized carbons (Fsp3) is 0.444. The molecule has 0 saturated heterocycles. The van der Waals surface area contributed by atoms with Gasteiger partial charge < -0.3 is 5.11 Å². The molecular weight excluding hydrogens is 216 g/mol. The highest BCUT2D eigenvalue weighted by Crippen LogP contribution is 2.17. The first-order valence-electron chi connectivity index (χ1n) is 4.52. The van der Waals surface area contributed by atoms with Gasteiger partial charge in [0.15, 0.2) is 0 Å². The van der Waals surface area contributed by atoms with Crippen LogP contribution in [-0.4, -0.2) is 23.8 Å². The second-order valence-corrected chi connectivity index (χ2v) is 5.39. The fourth-order valence-corrected chi connectivity index (χ4v) is 1.59. The van der Waals surface area contributed by atoms with Gasteiger partial charge in [-0.05, 0) is 25.5 Å². The van der Waals surface area contributed by atoms with E-state index < -0.39 is 21.4 Å². The van der Waals surface area contributed by atoms with Crippen molar-refractivity contribution in [3.63, 3.8) is 0 Å². The number of hydrogen-bond donors (Lipinski definition) is 2. The van der Waals surface area contributed by atoms with Crippen molar-refractivity contribution < 1.29 is 13.5 Å². The third kappa shape index (κ3) is 3.58. The lowest BCUT2D eigenvalue weighted by molar-refractivity contribution is 0.162. The van der Waals surface area contributed by atoms with E-state index in [0.717, 1.165) is 0 Å². The number of nitrogens with zero attached hydrogens (tertiary/aromatic N) is 1. The van der Waals surface area contributed by atoms with Crippen LogP contribution < -0.4 is 5.14 Å². The van der Waals surface area contributed by atoms with Crippen LogP contribution in [0.25, 0.3) is 0 Å². The smallest absolute Gasteiger partial charge is 0.211 e. The summed E-state index contributed by atoms with van der Waals surface area (Å²) >= 11 is 0. The van der Waals surface area contributed by atoms with Crippen LogP contribution in [0.4, 0.5) is 0 Å². The molecule has 0 fully saturated rings. The Morgan fingerprint density at radius 3 is 2.67 bits per heavy atom. The Bertz CT molecular complexity index is 405. The van der Waals surface area contributed by atoms with E-state index in [1.54, 1.807) is 24.4 Å². The second kappa shape index (κ2) is 4.69. The molecule has 0 bridgehead atoms. The molecule has 3 N–H and O–H groups in total. The SMILES string of the molecule is CC(CC(O)c1ccccn1)S(N)(=O)=O. The summed E-state index contributed by atoms with van der Waals surface area (Å²) in [6.07, 6.45) is 0.690. The number of aromatic nitrogens is 1. The summed E-state index contributed by atoms with van der Waals surface area (Å²) in [7, 11) is -3.59. The molecule has 1 rings (SSSR count). The van der Waals surface area contributed by atoms with Gasteiger partial charge in [0.25, 0.3) is 0 Å². The van der Waals surface area contributed by atoms with Gasteiger partial charge in [-0.1, -0.05) is 6.07 Å². The minimum Gasteiger partial charge on any atom is -0.387 e. The van der Waals surface area contributed by atoms with E-state index >= 15 is 0 Å². The van der Waals surface area contributed by atoms with Crippen molar-refractivity contribution in [3.05, 3.63) is 30.1 Å². The molecule has 5 nitrogen and oxygen atoms in total. The lowest BCUT2D eigenvalue weighted by atomic mass is 10.1. The highest BCUT2D eigenvalue weighted by Gasteiger charge is 2.21. The quantitative estimate of drug-likeness (QED) is 0.771. The molecule has 0 aliphatic rings. The van der Waals surface area contributed by atoms with Gasteiger partial charge in [0.2, 0.25) is 10.0 Å². The molecule has 2 unspecified atom stereocenters. The van der Waals surface area contributed by atoms with Crippen molar-refractivity contribution in [1.82, 2.24) is 4.98 Å². The highest BCUT2D eigenvalue weighted by molar-refractivity contribution is 7.89. The van der Waals surface area contributed by atoms with Gasteiger partial charge in [-0.3, -0.25) is 4.98 Å². The van der Waals surface area contributed by atoms with E-state index in [1.807, 2.05) is 0 Å². The van der Waals surface area contributed by atoms with E-state index in [0.29, 0.717) is 5.69 Å². The van der Waals surface area contributed by atoms with Crippen molar-refractivity contribution in [2.24, 2.45) is 5.14 Å². The van der Waals surface area contributed by atoms with Gasteiger partial charge >= 0.3 is 0 Å². The molecule has 6 heteroatoms. The number of aliphatic hydroxyl groups excluding tert-OH is 1. The van der Waals surface area contributed by atoms with Crippen LogP contribution in [0.1, 0.15) is 25.1 Å². The van der Waals surface area contributed by atoms with Gasteiger partial charge in [-0.15, -0.1) is 0 Å². The third-order valence-corrected chi connectivity index (χ3v) is 3.46. The monoisotopic (exact) mass is 230 g/mol. The van der Waals surface area contributed by atoms with Gasteiger partial charge in [-0.25, -0.2) is 13.6 Å². The minimum atomic E-state index is -3.59. The van der Waals surface area contributed by atoms with Crippen LogP contribution >= 0.6 is 0 Å². The average molecular weight is 230 g/mol.